The van der Waals surface area contributed by atoms with E-state index in [1.807, 2.05) is 12.4 Å². The maximum Gasteiger partial charge on any atom is 0.0220 e. The Morgan fingerprint density at radius 2 is 2.31 bits per heavy atom. The van der Waals surface area contributed by atoms with Crippen LogP contribution in [0.2, 0.25) is 0 Å². The van der Waals surface area contributed by atoms with Crippen LogP contribution >= 0.6 is 0 Å². The minimum atomic E-state index is 0.191. The number of nitrogens with two attached hydrogens (primary N) is 1. The molecule has 0 saturated carbocycles. The van der Waals surface area contributed by atoms with E-state index in [-0.39, 0.29) is 5.41 Å². The predicted molar refractivity (Wildman–Crippen MR) is 55.3 cm³/mol. The zero-order valence-electron chi connectivity index (χ0n) is 8.43. The van der Waals surface area contributed by atoms with Gasteiger partial charge >= 0.3 is 0 Å². The van der Waals surface area contributed by atoms with Crippen molar-refractivity contribution in [3.8, 4) is 0 Å². The van der Waals surface area contributed by atoms with E-state index in [2.05, 4.69) is 30.2 Å². The Labute approximate surface area is 79.7 Å². The van der Waals surface area contributed by atoms with E-state index >= 15 is 0 Å². The molecule has 3 nitrogen and oxygen atoms in total. The summed E-state index contributed by atoms with van der Waals surface area (Å²) in [6, 6.07) is 2.07. The van der Waals surface area contributed by atoms with Crippen molar-refractivity contribution in [3.05, 3.63) is 24.0 Å². The summed E-state index contributed by atoms with van der Waals surface area (Å²) in [7, 11) is 0. The van der Waals surface area contributed by atoms with Gasteiger partial charge in [-0.05, 0) is 23.6 Å². The van der Waals surface area contributed by atoms with E-state index in [0.29, 0.717) is 6.54 Å². The second-order valence-electron chi connectivity index (χ2n) is 4.19. The van der Waals surface area contributed by atoms with E-state index in [1.165, 1.54) is 5.56 Å². The monoisotopic (exact) mass is 181 g/mol. The molecule has 0 aliphatic heterocycles. The normalized spacial score (nSPS) is 11.9. The molecule has 0 atom stereocenters. The summed E-state index contributed by atoms with van der Waals surface area (Å²) >= 11 is 0. The van der Waals surface area contributed by atoms with Gasteiger partial charge in [-0.2, -0.15) is 0 Å². The van der Waals surface area contributed by atoms with E-state index in [9.17, 15) is 0 Å². The molecule has 0 aliphatic carbocycles. The number of aromatic amines is 1. The molecule has 0 aliphatic rings. The number of nitrogens with one attached hydrogen (secondary N) is 2. The number of hydrogen-bond donors (Lipinski definition) is 3. The Balaban J connectivity index is 2.21. The lowest BCUT2D eigenvalue weighted by molar-refractivity contribution is 0.351. The summed E-state index contributed by atoms with van der Waals surface area (Å²) in [4.78, 5) is 3.03. The molecule has 1 heterocycles. The molecule has 13 heavy (non-hydrogen) atoms. The minimum absolute atomic E-state index is 0.191. The quantitative estimate of drug-likeness (QED) is 0.637. The van der Waals surface area contributed by atoms with Gasteiger partial charge in [0.1, 0.15) is 0 Å². The molecule has 0 saturated heterocycles. The van der Waals surface area contributed by atoms with Crippen molar-refractivity contribution in [2.45, 2.75) is 20.4 Å². The third kappa shape index (κ3) is 3.61. The van der Waals surface area contributed by atoms with Gasteiger partial charge in [0.25, 0.3) is 0 Å². The van der Waals surface area contributed by atoms with Crippen molar-refractivity contribution in [2.75, 3.05) is 13.1 Å². The maximum atomic E-state index is 5.62. The highest BCUT2D eigenvalue weighted by Crippen LogP contribution is 2.10. The van der Waals surface area contributed by atoms with Crippen molar-refractivity contribution < 1.29 is 0 Å². The molecule has 0 spiro atoms. The number of aromatic nitrogens is 1. The Bertz CT molecular complexity index is 226. The molecule has 0 bridgehead atoms. The molecule has 0 amide bonds. The lowest BCUT2D eigenvalue weighted by Gasteiger charge is -2.22. The van der Waals surface area contributed by atoms with Crippen LogP contribution in [-0.2, 0) is 6.54 Å². The molecule has 74 valence electrons. The van der Waals surface area contributed by atoms with Crippen molar-refractivity contribution in [1.29, 1.82) is 0 Å². The van der Waals surface area contributed by atoms with Crippen LogP contribution in [0.5, 0.6) is 0 Å². The van der Waals surface area contributed by atoms with E-state index in [4.69, 9.17) is 5.73 Å². The maximum absolute atomic E-state index is 5.62. The molecule has 1 aromatic rings. The number of rotatable bonds is 5. The summed E-state index contributed by atoms with van der Waals surface area (Å²) < 4.78 is 0. The predicted octanol–water partition coefficient (Wildman–Crippen LogP) is 1.09. The van der Waals surface area contributed by atoms with Crippen LogP contribution in [-0.4, -0.2) is 18.1 Å². The van der Waals surface area contributed by atoms with Gasteiger partial charge < -0.3 is 16.0 Å². The number of H-pyrrole nitrogens is 1. The van der Waals surface area contributed by atoms with Crippen LogP contribution < -0.4 is 11.1 Å². The molecule has 1 aromatic heterocycles. The van der Waals surface area contributed by atoms with E-state index in [0.717, 1.165) is 13.1 Å². The summed E-state index contributed by atoms with van der Waals surface area (Å²) in [5, 5.41) is 3.38. The van der Waals surface area contributed by atoms with Crippen molar-refractivity contribution in [1.82, 2.24) is 10.3 Å². The zero-order chi connectivity index (χ0) is 9.73. The third-order valence-electron chi connectivity index (χ3n) is 2.15. The Kier molecular flexibility index (Phi) is 3.51. The largest absolute Gasteiger partial charge is 0.367 e. The fraction of sp³-hybridized carbons (Fsp3) is 0.600. The lowest BCUT2D eigenvalue weighted by Crippen LogP contribution is -2.35. The van der Waals surface area contributed by atoms with Crippen LogP contribution in [0.15, 0.2) is 18.5 Å². The SMILES string of the molecule is CC(C)(CN)CNCc1cc[nH]c1. The highest BCUT2D eigenvalue weighted by molar-refractivity contribution is 5.07. The first-order valence-electron chi connectivity index (χ1n) is 4.66. The smallest absolute Gasteiger partial charge is 0.0220 e. The van der Waals surface area contributed by atoms with Gasteiger partial charge in [0.05, 0.1) is 0 Å². The zero-order valence-corrected chi connectivity index (χ0v) is 8.43. The summed E-state index contributed by atoms with van der Waals surface area (Å²) in [6.07, 6.45) is 3.94. The Morgan fingerprint density at radius 1 is 1.54 bits per heavy atom. The summed E-state index contributed by atoms with van der Waals surface area (Å²) in [5.41, 5.74) is 7.10. The molecular weight excluding hydrogens is 162 g/mol. The van der Waals surface area contributed by atoms with E-state index in [1.54, 1.807) is 0 Å². The van der Waals surface area contributed by atoms with Gasteiger partial charge in [-0.25, -0.2) is 0 Å². The molecule has 4 N–H and O–H groups in total. The van der Waals surface area contributed by atoms with Crippen LogP contribution in [0.1, 0.15) is 19.4 Å². The van der Waals surface area contributed by atoms with Gasteiger partial charge in [0.15, 0.2) is 0 Å². The average Bonchev–Trinajstić information content (AvgIpc) is 2.57. The standard InChI is InChI=1S/C10H19N3/c1-10(2,7-11)8-13-6-9-3-4-12-5-9/h3-5,12-13H,6-8,11H2,1-2H3. The van der Waals surface area contributed by atoms with Gasteiger partial charge in [-0.3, -0.25) is 0 Å². The molecule has 0 radical (unpaired) electrons. The van der Waals surface area contributed by atoms with Crippen LogP contribution in [0.4, 0.5) is 0 Å². The van der Waals surface area contributed by atoms with Crippen LogP contribution in [0, 0.1) is 5.41 Å². The van der Waals surface area contributed by atoms with Crippen LogP contribution in [0.25, 0.3) is 0 Å². The fourth-order valence-corrected chi connectivity index (χ4v) is 1.09. The molecule has 1 rings (SSSR count). The average molecular weight is 181 g/mol. The van der Waals surface area contributed by atoms with E-state index < -0.39 is 0 Å². The molecule has 0 unspecified atom stereocenters. The molecule has 3 heteroatoms. The van der Waals surface area contributed by atoms with Gasteiger partial charge in [0, 0.05) is 25.5 Å². The lowest BCUT2D eigenvalue weighted by atomic mass is 9.94. The summed E-state index contributed by atoms with van der Waals surface area (Å²) in [6.45, 7) is 6.91. The fourth-order valence-electron chi connectivity index (χ4n) is 1.09. The Morgan fingerprint density at radius 3 is 2.85 bits per heavy atom. The topological polar surface area (TPSA) is 53.8 Å². The molecule has 0 aromatic carbocycles. The van der Waals surface area contributed by atoms with Crippen LogP contribution in [0.3, 0.4) is 0 Å². The highest BCUT2D eigenvalue weighted by atomic mass is 14.9. The highest BCUT2D eigenvalue weighted by Gasteiger charge is 2.14. The van der Waals surface area contributed by atoms with Crippen molar-refractivity contribution >= 4 is 0 Å². The molecule has 0 fully saturated rings. The first kappa shape index (κ1) is 10.3. The second kappa shape index (κ2) is 4.44. The Hall–Kier alpha value is -0.800. The van der Waals surface area contributed by atoms with Gasteiger partial charge in [-0.1, -0.05) is 13.8 Å². The molecular formula is C10H19N3. The first-order valence-corrected chi connectivity index (χ1v) is 4.66. The van der Waals surface area contributed by atoms with Gasteiger partial charge in [0.2, 0.25) is 0 Å². The summed E-state index contributed by atoms with van der Waals surface area (Å²) in [5.74, 6) is 0. The second-order valence-corrected chi connectivity index (χ2v) is 4.19. The van der Waals surface area contributed by atoms with Crippen molar-refractivity contribution in [3.63, 3.8) is 0 Å². The first-order chi connectivity index (χ1) is 6.14. The minimum Gasteiger partial charge on any atom is -0.367 e. The van der Waals surface area contributed by atoms with Gasteiger partial charge in [-0.15, -0.1) is 0 Å². The number of hydrogen-bond acceptors (Lipinski definition) is 2. The third-order valence-corrected chi connectivity index (χ3v) is 2.15. The van der Waals surface area contributed by atoms with Crippen molar-refractivity contribution in [2.24, 2.45) is 11.1 Å².